The number of hydrogen-bond acceptors (Lipinski definition) is 4. The van der Waals surface area contributed by atoms with Gasteiger partial charge in [-0.05, 0) is 44.0 Å². The molecule has 1 amide bonds. The number of nitrogens with two attached hydrogens (primary N) is 1. The fourth-order valence-corrected chi connectivity index (χ4v) is 3.00. The summed E-state index contributed by atoms with van der Waals surface area (Å²) < 4.78 is 5.09. The molecule has 1 aliphatic heterocycles. The molecule has 5 nitrogen and oxygen atoms in total. The molecule has 0 bridgehead atoms. The van der Waals surface area contributed by atoms with Crippen LogP contribution in [-0.4, -0.2) is 43.6 Å². The fourth-order valence-electron chi connectivity index (χ4n) is 2.74. The Hall–Kier alpha value is -1.01. The van der Waals surface area contributed by atoms with E-state index in [1.807, 2.05) is 0 Å². The number of amides is 1. The van der Waals surface area contributed by atoms with Crippen LogP contribution in [-0.2, 0) is 4.79 Å². The summed E-state index contributed by atoms with van der Waals surface area (Å²) in [5.74, 6) is 1.04. The van der Waals surface area contributed by atoms with Crippen molar-refractivity contribution < 1.29 is 9.53 Å². The fraction of sp³-hybridized carbons (Fsp3) is 0.533. The van der Waals surface area contributed by atoms with Crippen LogP contribution in [0.5, 0.6) is 5.75 Å². The van der Waals surface area contributed by atoms with Crippen molar-refractivity contribution in [1.82, 2.24) is 4.90 Å². The molecule has 1 aromatic rings. The summed E-state index contributed by atoms with van der Waals surface area (Å²) in [6, 6.07) is 5.59. The minimum Gasteiger partial charge on any atom is -0.495 e. The summed E-state index contributed by atoms with van der Waals surface area (Å²) in [4.78, 5) is 14.3. The zero-order valence-electron chi connectivity index (χ0n) is 12.8. The van der Waals surface area contributed by atoms with Crippen LogP contribution in [0.4, 0.5) is 5.69 Å². The van der Waals surface area contributed by atoms with Crippen LogP contribution in [0.2, 0.25) is 5.02 Å². The Morgan fingerprint density at radius 1 is 1.55 bits per heavy atom. The number of methoxy groups -OCH3 is 1. The van der Waals surface area contributed by atoms with Crippen LogP contribution in [0.3, 0.4) is 0 Å². The van der Waals surface area contributed by atoms with E-state index in [4.69, 9.17) is 22.1 Å². The SMILES string of the molecule is COc1ccc(NC(=O)CN2CC(CN)CC2C)cc1Cl.Cl. The smallest absolute Gasteiger partial charge is 0.238 e. The number of hydrogen-bond donors (Lipinski definition) is 2. The van der Waals surface area contributed by atoms with Crippen LogP contribution in [0.15, 0.2) is 18.2 Å². The maximum absolute atomic E-state index is 12.1. The molecule has 1 aliphatic rings. The first-order valence-corrected chi connectivity index (χ1v) is 7.48. The van der Waals surface area contributed by atoms with Gasteiger partial charge >= 0.3 is 0 Å². The van der Waals surface area contributed by atoms with Crippen molar-refractivity contribution in [3.05, 3.63) is 23.2 Å². The Balaban J connectivity index is 0.00000242. The van der Waals surface area contributed by atoms with E-state index in [1.165, 1.54) is 0 Å². The van der Waals surface area contributed by atoms with Crippen LogP contribution in [0, 0.1) is 5.92 Å². The third-order valence-electron chi connectivity index (χ3n) is 3.91. The second-order valence-electron chi connectivity index (χ2n) is 5.51. The zero-order chi connectivity index (χ0) is 15.4. The number of anilines is 1. The van der Waals surface area contributed by atoms with E-state index in [9.17, 15) is 4.79 Å². The molecule has 0 saturated carbocycles. The minimum atomic E-state index is -0.0410. The molecular formula is C15H23Cl2N3O2. The average Bonchev–Trinajstić information content (AvgIpc) is 2.79. The van der Waals surface area contributed by atoms with Crippen molar-refractivity contribution in [1.29, 1.82) is 0 Å². The quantitative estimate of drug-likeness (QED) is 0.857. The van der Waals surface area contributed by atoms with E-state index in [1.54, 1.807) is 25.3 Å². The van der Waals surface area contributed by atoms with Crippen molar-refractivity contribution in [2.45, 2.75) is 19.4 Å². The van der Waals surface area contributed by atoms with Crippen molar-refractivity contribution in [2.24, 2.45) is 11.7 Å². The number of rotatable bonds is 5. The van der Waals surface area contributed by atoms with Gasteiger partial charge in [0.1, 0.15) is 5.75 Å². The van der Waals surface area contributed by atoms with Crippen LogP contribution >= 0.6 is 24.0 Å². The largest absolute Gasteiger partial charge is 0.495 e. The van der Waals surface area contributed by atoms with Crippen molar-refractivity contribution >= 4 is 35.6 Å². The highest BCUT2D eigenvalue weighted by Crippen LogP contribution is 2.27. The van der Waals surface area contributed by atoms with Gasteiger partial charge in [-0.2, -0.15) is 0 Å². The highest BCUT2D eigenvalue weighted by atomic mass is 35.5. The molecule has 1 saturated heterocycles. The summed E-state index contributed by atoms with van der Waals surface area (Å²) in [5, 5.41) is 3.34. The lowest BCUT2D eigenvalue weighted by molar-refractivity contribution is -0.117. The molecule has 0 spiro atoms. The monoisotopic (exact) mass is 347 g/mol. The van der Waals surface area contributed by atoms with Crippen molar-refractivity contribution in [2.75, 3.05) is 32.1 Å². The molecule has 1 heterocycles. The molecule has 124 valence electrons. The number of ether oxygens (including phenoxy) is 1. The highest BCUT2D eigenvalue weighted by molar-refractivity contribution is 6.32. The van der Waals surface area contributed by atoms with E-state index in [-0.39, 0.29) is 18.3 Å². The van der Waals surface area contributed by atoms with E-state index in [0.29, 0.717) is 41.5 Å². The van der Waals surface area contributed by atoms with Crippen LogP contribution < -0.4 is 15.8 Å². The third-order valence-corrected chi connectivity index (χ3v) is 4.20. The molecular weight excluding hydrogens is 325 g/mol. The molecule has 1 aromatic carbocycles. The summed E-state index contributed by atoms with van der Waals surface area (Å²) in [5.41, 5.74) is 6.38. The molecule has 0 radical (unpaired) electrons. The Morgan fingerprint density at radius 3 is 2.82 bits per heavy atom. The normalized spacial score (nSPS) is 21.3. The van der Waals surface area contributed by atoms with E-state index in [0.717, 1.165) is 13.0 Å². The number of likely N-dealkylation sites (tertiary alicyclic amines) is 1. The Morgan fingerprint density at radius 2 is 2.27 bits per heavy atom. The third kappa shape index (κ3) is 4.74. The standard InChI is InChI=1S/C15H22ClN3O2.ClH/c1-10-5-11(7-17)8-19(10)9-15(20)18-12-3-4-14(21-2)13(16)6-12;/h3-4,6,10-11H,5,7-9,17H2,1-2H3,(H,18,20);1H. The molecule has 2 rings (SSSR count). The Labute approximate surface area is 142 Å². The second-order valence-corrected chi connectivity index (χ2v) is 5.92. The van der Waals surface area contributed by atoms with E-state index in [2.05, 4.69) is 17.1 Å². The van der Waals surface area contributed by atoms with Gasteiger partial charge in [0.25, 0.3) is 0 Å². The molecule has 2 unspecified atom stereocenters. The number of carbonyl (C=O) groups excluding carboxylic acids is 1. The molecule has 22 heavy (non-hydrogen) atoms. The van der Waals surface area contributed by atoms with E-state index < -0.39 is 0 Å². The lowest BCUT2D eigenvalue weighted by Gasteiger charge is -2.20. The maximum Gasteiger partial charge on any atom is 0.238 e. The minimum absolute atomic E-state index is 0. The highest BCUT2D eigenvalue weighted by Gasteiger charge is 2.29. The van der Waals surface area contributed by atoms with Crippen LogP contribution in [0.1, 0.15) is 13.3 Å². The number of nitrogens with one attached hydrogen (secondary N) is 1. The van der Waals surface area contributed by atoms with Gasteiger partial charge in [0, 0.05) is 18.3 Å². The first-order valence-electron chi connectivity index (χ1n) is 7.11. The topological polar surface area (TPSA) is 67.6 Å². The molecule has 1 fully saturated rings. The molecule has 7 heteroatoms. The summed E-state index contributed by atoms with van der Waals surface area (Å²) >= 11 is 6.04. The van der Waals surface area contributed by atoms with Gasteiger partial charge in [-0.25, -0.2) is 0 Å². The van der Waals surface area contributed by atoms with Gasteiger partial charge in [-0.15, -0.1) is 12.4 Å². The van der Waals surface area contributed by atoms with Gasteiger partial charge in [0.05, 0.1) is 18.7 Å². The van der Waals surface area contributed by atoms with Gasteiger partial charge in [-0.3, -0.25) is 9.69 Å². The number of carbonyl (C=O) groups is 1. The second kappa shape index (κ2) is 8.58. The van der Waals surface area contributed by atoms with Gasteiger partial charge in [-0.1, -0.05) is 11.6 Å². The molecule has 0 aromatic heterocycles. The maximum atomic E-state index is 12.1. The summed E-state index contributed by atoms with van der Waals surface area (Å²) in [7, 11) is 1.56. The van der Waals surface area contributed by atoms with Gasteiger partial charge < -0.3 is 15.8 Å². The Bertz CT molecular complexity index is 514. The predicted octanol–water partition coefficient (Wildman–Crippen LogP) is 2.38. The van der Waals surface area contributed by atoms with Crippen molar-refractivity contribution in [3.63, 3.8) is 0 Å². The first kappa shape index (κ1) is 19.0. The summed E-state index contributed by atoms with van der Waals surface area (Å²) in [6.45, 7) is 4.07. The first-order chi connectivity index (χ1) is 10.0. The van der Waals surface area contributed by atoms with Gasteiger partial charge in [0.15, 0.2) is 0 Å². The molecule has 0 aliphatic carbocycles. The number of halogens is 2. The number of nitrogens with zero attached hydrogens (tertiary/aromatic N) is 1. The lowest BCUT2D eigenvalue weighted by Crippen LogP contribution is -2.36. The molecule has 3 N–H and O–H groups in total. The summed E-state index contributed by atoms with van der Waals surface area (Å²) in [6.07, 6.45) is 1.05. The van der Waals surface area contributed by atoms with Crippen molar-refractivity contribution in [3.8, 4) is 5.75 Å². The number of benzene rings is 1. The average molecular weight is 348 g/mol. The predicted molar refractivity (Wildman–Crippen MR) is 92.1 cm³/mol. The molecule has 2 atom stereocenters. The zero-order valence-corrected chi connectivity index (χ0v) is 14.4. The van der Waals surface area contributed by atoms with Gasteiger partial charge in [0.2, 0.25) is 5.91 Å². The van der Waals surface area contributed by atoms with E-state index >= 15 is 0 Å². The lowest BCUT2D eigenvalue weighted by atomic mass is 10.1. The Kier molecular flexibility index (Phi) is 7.42. The van der Waals surface area contributed by atoms with Crippen LogP contribution in [0.25, 0.3) is 0 Å².